The minimum atomic E-state index is -3.17. The first-order valence-electron chi connectivity index (χ1n) is 9.11. The molecule has 1 aliphatic heterocycles. The van der Waals surface area contributed by atoms with Crippen LogP contribution in [0.5, 0.6) is 0 Å². The number of aromatic nitrogens is 2. The van der Waals surface area contributed by atoms with Crippen molar-refractivity contribution in [3.63, 3.8) is 0 Å². The van der Waals surface area contributed by atoms with Gasteiger partial charge in [0.15, 0.2) is 0 Å². The van der Waals surface area contributed by atoms with Crippen LogP contribution in [-0.2, 0) is 10.0 Å². The van der Waals surface area contributed by atoms with Crippen LogP contribution in [0.2, 0.25) is 0 Å². The van der Waals surface area contributed by atoms with Crippen LogP contribution in [0.25, 0.3) is 0 Å². The molecule has 1 aromatic heterocycles. The Labute approximate surface area is 164 Å². The van der Waals surface area contributed by atoms with Gasteiger partial charge in [-0.15, -0.1) is 0 Å². The molecule has 1 fully saturated rings. The van der Waals surface area contributed by atoms with Gasteiger partial charge in [-0.1, -0.05) is 12.1 Å². The van der Waals surface area contributed by atoms with Crippen molar-refractivity contribution in [2.75, 3.05) is 48.7 Å². The van der Waals surface area contributed by atoms with E-state index in [9.17, 15) is 17.9 Å². The van der Waals surface area contributed by atoms with Gasteiger partial charge in [0.1, 0.15) is 23.8 Å². The molecule has 1 unspecified atom stereocenters. The molecule has 2 heterocycles. The van der Waals surface area contributed by atoms with E-state index >= 15 is 0 Å². The van der Waals surface area contributed by atoms with E-state index in [0.29, 0.717) is 43.4 Å². The lowest BCUT2D eigenvalue weighted by Gasteiger charge is -2.34. The Morgan fingerprint density at radius 1 is 1.18 bits per heavy atom. The van der Waals surface area contributed by atoms with Gasteiger partial charge in [0.2, 0.25) is 10.0 Å². The molecule has 1 aromatic carbocycles. The largest absolute Gasteiger partial charge is 0.387 e. The summed E-state index contributed by atoms with van der Waals surface area (Å²) < 4.78 is 38.4. The Morgan fingerprint density at radius 2 is 1.86 bits per heavy atom. The zero-order valence-corrected chi connectivity index (χ0v) is 16.4. The summed E-state index contributed by atoms with van der Waals surface area (Å²) in [6.45, 7) is 3.80. The van der Waals surface area contributed by atoms with Crippen LogP contribution in [0, 0.1) is 5.82 Å². The lowest BCUT2D eigenvalue weighted by atomic mass is 10.1. The van der Waals surface area contributed by atoms with Crippen LogP contribution < -0.4 is 10.2 Å². The summed E-state index contributed by atoms with van der Waals surface area (Å²) in [5.74, 6) is 0.999. The van der Waals surface area contributed by atoms with Crippen LogP contribution in [0.3, 0.4) is 0 Å². The van der Waals surface area contributed by atoms with Crippen LogP contribution in [-0.4, -0.2) is 66.3 Å². The van der Waals surface area contributed by atoms with E-state index in [-0.39, 0.29) is 18.1 Å². The smallest absolute Gasteiger partial charge is 0.213 e. The van der Waals surface area contributed by atoms with Gasteiger partial charge in [0, 0.05) is 38.8 Å². The third-order valence-electron chi connectivity index (χ3n) is 4.70. The van der Waals surface area contributed by atoms with Crippen LogP contribution in [0.4, 0.5) is 16.0 Å². The van der Waals surface area contributed by atoms with Gasteiger partial charge in [-0.2, -0.15) is 4.31 Å². The van der Waals surface area contributed by atoms with Gasteiger partial charge in [-0.3, -0.25) is 0 Å². The van der Waals surface area contributed by atoms with E-state index in [0.717, 1.165) is 0 Å². The summed E-state index contributed by atoms with van der Waals surface area (Å²) in [6, 6.07) is 7.45. The lowest BCUT2D eigenvalue weighted by Crippen LogP contribution is -2.49. The highest BCUT2D eigenvalue weighted by Crippen LogP contribution is 2.19. The maximum atomic E-state index is 13.0. The Morgan fingerprint density at radius 3 is 2.50 bits per heavy atom. The molecule has 28 heavy (non-hydrogen) atoms. The van der Waals surface area contributed by atoms with Gasteiger partial charge < -0.3 is 15.3 Å². The first-order chi connectivity index (χ1) is 13.4. The summed E-state index contributed by atoms with van der Waals surface area (Å²) >= 11 is 0. The van der Waals surface area contributed by atoms with Crippen LogP contribution in [0.1, 0.15) is 18.6 Å². The third-order valence-corrected chi connectivity index (χ3v) is 6.59. The SMILES string of the molecule is CCS(=O)(=O)N1CCN(c2cc(NCC(O)c3ccc(F)cc3)ncn2)CC1. The van der Waals surface area contributed by atoms with E-state index in [1.807, 2.05) is 4.90 Å². The number of halogens is 1. The predicted molar refractivity (Wildman–Crippen MR) is 105 cm³/mol. The normalized spacial score (nSPS) is 16.8. The highest BCUT2D eigenvalue weighted by Gasteiger charge is 2.26. The van der Waals surface area contributed by atoms with Gasteiger partial charge in [0.05, 0.1) is 11.9 Å². The van der Waals surface area contributed by atoms with Crippen molar-refractivity contribution in [1.82, 2.24) is 14.3 Å². The molecule has 152 valence electrons. The molecule has 1 atom stereocenters. The number of aliphatic hydroxyl groups excluding tert-OH is 1. The van der Waals surface area contributed by atoms with E-state index in [1.54, 1.807) is 13.0 Å². The molecule has 0 radical (unpaired) electrons. The molecule has 1 saturated heterocycles. The van der Waals surface area contributed by atoms with Crippen molar-refractivity contribution in [2.24, 2.45) is 0 Å². The average molecular weight is 409 g/mol. The molecule has 0 amide bonds. The van der Waals surface area contributed by atoms with Crippen molar-refractivity contribution in [3.8, 4) is 0 Å². The lowest BCUT2D eigenvalue weighted by molar-refractivity contribution is 0.191. The summed E-state index contributed by atoms with van der Waals surface area (Å²) in [7, 11) is -3.17. The first kappa shape index (κ1) is 20.4. The monoisotopic (exact) mass is 409 g/mol. The maximum Gasteiger partial charge on any atom is 0.213 e. The van der Waals surface area contributed by atoms with Gasteiger partial charge in [-0.05, 0) is 24.6 Å². The number of nitrogens with zero attached hydrogens (tertiary/aromatic N) is 4. The number of nitrogens with one attached hydrogen (secondary N) is 1. The second-order valence-corrected chi connectivity index (χ2v) is 8.75. The molecule has 8 nitrogen and oxygen atoms in total. The zero-order valence-electron chi connectivity index (χ0n) is 15.6. The minimum absolute atomic E-state index is 0.102. The quantitative estimate of drug-likeness (QED) is 0.710. The molecule has 0 aliphatic carbocycles. The molecule has 2 aromatic rings. The zero-order chi connectivity index (χ0) is 20.1. The highest BCUT2D eigenvalue weighted by molar-refractivity contribution is 7.89. The molecular weight excluding hydrogens is 385 g/mol. The summed E-state index contributed by atoms with van der Waals surface area (Å²) in [5, 5.41) is 13.3. The third kappa shape index (κ3) is 4.94. The molecule has 2 N–H and O–H groups in total. The molecular formula is C18H24FN5O3S. The van der Waals surface area contributed by atoms with E-state index in [4.69, 9.17) is 0 Å². The molecule has 1 aliphatic rings. The van der Waals surface area contributed by atoms with Gasteiger partial charge in [-0.25, -0.2) is 22.8 Å². The molecule has 3 rings (SSSR count). The topological polar surface area (TPSA) is 98.7 Å². The number of rotatable bonds is 7. The number of hydrogen-bond donors (Lipinski definition) is 2. The first-order valence-corrected chi connectivity index (χ1v) is 10.7. The number of piperazine rings is 1. The number of benzene rings is 1. The van der Waals surface area contributed by atoms with Gasteiger partial charge >= 0.3 is 0 Å². The summed E-state index contributed by atoms with van der Waals surface area (Å²) in [4.78, 5) is 10.4. The molecule has 0 bridgehead atoms. The number of aliphatic hydroxyl groups is 1. The van der Waals surface area contributed by atoms with Crippen molar-refractivity contribution < 1.29 is 17.9 Å². The Hall–Kier alpha value is -2.30. The fourth-order valence-corrected chi connectivity index (χ4v) is 4.08. The highest BCUT2D eigenvalue weighted by atomic mass is 32.2. The standard InChI is InChI=1S/C18H24FN5O3S/c1-2-28(26,27)24-9-7-23(8-10-24)18-11-17(21-13-22-18)20-12-16(25)14-3-5-15(19)6-4-14/h3-6,11,13,16,25H,2,7-10,12H2,1H3,(H,20,21,22). The minimum Gasteiger partial charge on any atom is -0.387 e. The fourth-order valence-electron chi connectivity index (χ4n) is 3.00. The van der Waals surface area contributed by atoms with Crippen LogP contribution >= 0.6 is 0 Å². The fraction of sp³-hybridized carbons (Fsp3) is 0.444. The van der Waals surface area contributed by atoms with Crippen molar-refractivity contribution in [2.45, 2.75) is 13.0 Å². The van der Waals surface area contributed by atoms with E-state index in [2.05, 4.69) is 15.3 Å². The number of sulfonamides is 1. The van der Waals surface area contributed by atoms with E-state index in [1.165, 1.54) is 34.9 Å². The Kier molecular flexibility index (Phi) is 6.42. The maximum absolute atomic E-state index is 13.0. The van der Waals surface area contributed by atoms with Crippen molar-refractivity contribution in [3.05, 3.63) is 48.0 Å². The predicted octanol–water partition coefficient (Wildman–Crippen LogP) is 1.23. The molecule has 0 spiro atoms. The van der Waals surface area contributed by atoms with Crippen molar-refractivity contribution >= 4 is 21.7 Å². The second-order valence-electron chi connectivity index (χ2n) is 6.50. The Balaban J connectivity index is 1.58. The van der Waals surface area contributed by atoms with Gasteiger partial charge in [0.25, 0.3) is 0 Å². The van der Waals surface area contributed by atoms with Crippen molar-refractivity contribution in [1.29, 1.82) is 0 Å². The Bertz CT molecular complexity index is 886. The molecule has 0 saturated carbocycles. The average Bonchev–Trinajstić information content (AvgIpc) is 2.73. The summed E-state index contributed by atoms with van der Waals surface area (Å²) in [6.07, 6.45) is 0.624. The number of anilines is 2. The number of hydrogen-bond acceptors (Lipinski definition) is 7. The second kappa shape index (κ2) is 8.80. The van der Waals surface area contributed by atoms with Crippen LogP contribution in [0.15, 0.2) is 36.7 Å². The van der Waals surface area contributed by atoms with E-state index < -0.39 is 16.1 Å². The summed E-state index contributed by atoms with van der Waals surface area (Å²) in [5.41, 5.74) is 0.608. The molecule has 10 heteroatoms.